The number of rotatable bonds is 8. The van der Waals surface area contributed by atoms with Crippen LogP contribution in [0.1, 0.15) is 57.5 Å². The molecule has 26 heavy (non-hydrogen) atoms. The van der Waals surface area contributed by atoms with E-state index in [0.717, 1.165) is 16.9 Å². The molecule has 0 aliphatic carbocycles. The predicted molar refractivity (Wildman–Crippen MR) is 113 cm³/mol. The van der Waals surface area contributed by atoms with Crippen molar-refractivity contribution < 1.29 is 9.22 Å². The Kier molecular flexibility index (Phi) is 6.82. The topological polar surface area (TPSA) is 26.3 Å². The van der Waals surface area contributed by atoms with Gasteiger partial charge in [0.2, 0.25) is 0 Å². The average molecular weight is 369 g/mol. The van der Waals surface area contributed by atoms with Gasteiger partial charge in [-0.25, -0.2) is 0 Å². The third-order valence-electron chi connectivity index (χ3n) is 5.39. The zero-order valence-corrected chi connectivity index (χ0v) is 18.0. The third-order valence-corrected chi connectivity index (χ3v) is 11.4. The number of Topliss-reactive ketones (excluding diaryl/α,β-unsaturated/α-hetero) is 1. The Hall–Kier alpha value is -1.87. The van der Waals surface area contributed by atoms with Crippen LogP contribution in [0.2, 0.25) is 16.6 Å². The molecule has 140 valence electrons. The van der Waals surface area contributed by atoms with Gasteiger partial charge < -0.3 is 4.43 Å². The Balaban J connectivity index is 2.15. The molecule has 0 spiro atoms. The molecular formula is C23H32O2Si. The van der Waals surface area contributed by atoms with Gasteiger partial charge in [-0.3, -0.25) is 4.79 Å². The van der Waals surface area contributed by atoms with Gasteiger partial charge in [-0.15, -0.1) is 0 Å². The van der Waals surface area contributed by atoms with Crippen molar-refractivity contribution in [3.63, 3.8) is 0 Å². The summed E-state index contributed by atoms with van der Waals surface area (Å²) in [7, 11) is -1.94. The zero-order chi connectivity index (χ0) is 19.3. The van der Waals surface area contributed by atoms with Crippen LogP contribution in [-0.4, -0.2) is 14.1 Å². The highest BCUT2D eigenvalue weighted by Crippen LogP contribution is 2.42. The summed E-state index contributed by atoms with van der Waals surface area (Å²) >= 11 is 0. The smallest absolute Gasteiger partial charge is 0.258 e. The van der Waals surface area contributed by atoms with E-state index in [2.05, 4.69) is 41.5 Å². The molecule has 0 atom stereocenters. The van der Waals surface area contributed by atoms with Gasteiger partial charge in [0.15, 0.2) is 5.78 Å². The second-order valence-corrected chi connectivity index (χ2v) is 13.4. The average Bonchev–Trinajstić information content (AvgIpc) is 2.60. The molecular weight excluding hydrogens is 336 g/mol. The number of ketones is 1. The molecule has 0 bridgehead atoms. The molecule has 0 heterocycles. The van der Waals surface area contributed by atoms with Gasteiger partial charge in [0.1, 0.15) is 5.75 Å². The van der Waals surface area contributed by atoms with Crippen LogP contribution in [0.5, 0.6) is 5.75 Å². The van der Waals surface area contributed by atoms with Crippen LogP contribution in [0.3, 0.4) is 0 Å². The first-order chi connectivity index (χ1) is 12.3. The summed E-state index contributed by atoms with van der Waals surface area (Å²) in [5.41, 5.74) is 3.42. The molecule has 2 aromatic rings. The van der Waals surface area contributed by atoms with Crippen molar-refractivity contribution in [2.75, 3.05) is 0 Å². The van der Waals surface area contributed by atoms with Gasteiger partial charge >= 0.3 is 0 Å². The van der Waals surface area contributed by atoms with Crippen molar-refractivity contribution in [1.82, 2.24) is 0 Å². The number of carbonyl (C=O) groups excluding carboxylic acids is 1. The summed E-state index contributed by atoms with van der Waals surface area (Å²) in [5, 5.41) is 0. The summed E-state index contributed by atoms with van der Waals surface area (Å²) in [4.78, 5) is 12.4. The number of hydrogen-bond acceptors (Lipinski definition) is 2. The van der Waals surface area contributed by atoms with Crippen molar-refractivity contribution in [2.24, 2.45) is 0 Å². The van der Waals surface area contributed by atoms with Crippen LogP contribution in [0, 0.1) is 0 Å². The SMILES string of the molecule is CC(C)[Si](Oc1ccc(CC(=O)c2ccccc2)cc1)(C(C)C)C(C)C. The van der Waals surface area contributed by atoms with E-state index in [1.54, 1.807) is 0 Å². The molecule has 0 saturated carbocycles. The zero-order valence-electron chi connectivity index (χ0n) is 17.0. The van der Waals surface area contributed by atoms with E-state index >= 15 is 0 Å². The van der Waals surface area contributed by atoms with Crippen LogP contribution in [-0.2, 0) is 6.42 Å². The van der Waals surface area contributed by atoms with E-state index in [1.165, 1.54) is 0 Å². The summed E-state index contributed by atoms with van der Waals surface area (Å²) in [6, 6.07) is 17.6. The highest BCUT2D eigenvalue weighted by atomic mass is 28.4. The summed E-state index contributed by atoms with van der Waals surface area (Å²) < 4.78 is 6.68. The lowest BCUT2D eigenvalue weighted by molar-refractivity contribution is 0.0993. The lowest BCUT2D eigenvalue weighted by Gasteiger charge is -2.42. The van der Waals surface area contributed by atoms with Crippen LogP contribution >= 0.6 is 0 Å². The van der Waals surface area contributed by atoms with Gasteiger partial charge in [0, 0.05) is 12.0 Å². The van der Waals surface area contributed by atoms with Crippen LogP contribution < -0.4 is 4.43 Å². The molecule has 2 nitrogen and oxygen atoms in total. The number of benzene rings is 2. The summed E-state index contributed by atoms with van der Waals surface area (Å²) in [5.74, 6) is 1.08. The Morgan fingerprint density at radius 3 is 1.77 bits per heavy atom. The van der Waals surface area contributed by atoms with E-state index in [-0.39, 0.29) is 5.78 Å². The second kappa shape index (κ2) is 8.68. The standard InChI is InChI=1S/C23H32O2Si/c1-17(2)26(18(3)4,19(5)6)25-22-14-12-20(13-15-22)16-23(24)21-10-8-7-9-11-21/h7-15,17-19H,16H2,1-6H3. The summed E-state index contributed by atoms with van der Waals surface area (Å²) in [6.07, 6.45) is 0.422. The molecule has 0 radical (unpaired) electrons. The minimum atomic E-state index is -1.94. The van der Waals surface area contributed by atoms with E-state index in [9.17, 15) is 4.79 Å². The van der Waals surface area contributed by atoms with E-state index < -0.39 is 8.32 Å². The van der Waals surface area contributed by atoms with Crippen molar-refractivity contribution >= 4 is 14.1 Å². The molecule has 2 rings (SSSR count). The normalized spacial score (nSPS) is 12.0. The Bertz CT molecular complexity index is 681. The highest BCUT2D eigenvalue weighted by Gasteiger charge is 2.46. The fourth-order valence-electron chi connectivity index (χ4n) is 4.14. The molecule has 0 aliphatic heterocycles. The minimum absolute atomic E-state index is 0.148. The molecule has 0 N–H and O–H groups in total. The Labute approximate surface area is 159 Å². The summed E-state index contributed by atoms with van der Waals surface area (Å²) in [6.45, 7) is 13.7. The monoisotopic (exact) mass is 368 g/mol. The number of carbonyl (C=O) groups is 1. The first-order valence-electron chi connectivity index (χ1n) is 9.63. The lowest BCUT2D eigenvalue weighted by Crippen LogP contribution is -2.50. The van der Waals surface area contributed by atoms with Crippen molar-refractivity contribution in [3.05, 3.63) is 65.7 Å². The largest absolute Gasteiger partial charge is 0.543 e. The fourth-order valence-corrected chi connectivity index (χ4v) is 9.40. The third kappa shape index (κ3) is 4.45. The highest BCUT2D eigenvalue weighted by molar-refractivity contribution is 6.78. The van der Waals surface area contributed by atoms with Crippen LogP contribution in [0.4, 0.5) is 0 Å². The molecule has 2 aromatic carbocycles. The van der Waals surface area contributed by atoms with E-state index in [0.29, 0.717) is 23.0 Å². The second-order valence-electron chi connectivity index (χ2n) is 8.03. The van der Waals surface area contributed by atoms with Gasteiger partial charge in [-0.2, -0.15) is 0 Å². The molecule has 0 amide bonds. The van der Waals surface area contributed by atoms with Gasteiger partial charge in [-0.1, -0.05) is 84.0 Å². The molecule has 3 heteroatoms. The molecule has 0 saturated heterocycles. The molecule has 0 aliphatic rings. The molecule has 0 fully saturated rings. The van der Waals surface area contributed by atoms with Crippen LogP contribution in [0.25, 0.3) is 0 Å². The molecule has 0 unspecified atom stereocenters. The minimum Gasteiger partial charge on any atom is -0.543 e. The van der Waals surface area contributed by atoms with E-state index in [1.807, 2.05) is 54.6 Å². The van der Waals surface area contributed by atoms with Crippen LogP contribution in [0.15, 0.2) is 54.6 Å². The fraction of sp³-hybridized carbons (Fsp3) is 0.435. The van der Waals surface area contributed by atoms with Crippen molar-refractivity contribution in [3.8, 4) is 5.75 Å². The Morgan fingerprint density at radius 2 is 1.31 bits per heavy atom. The van der Waals surface area contributed by atoms with Crippen molar-refractivity contribution in [2.45, 2.75) is 64.6 Å². The van der Waals surface area contributed by atoms with Gasteiger partial charge in [-0.05, 0) is 34.3 Å². The quantitative estimate of drug-likeness (QED) is 0.384. The first-order valence-corrected chi connectivity index (χ1v) is 11.8. The maximum atomic E-state index is 12.4. The first kappa shape index (κ1) is 20.4. The van der Waals surface area contributed by atoms with Gasteiger partial charge in [0.05, 0.1) is 0 Å². The Morgan fingerprint density at radius 1 is 0.808 bits per heavy atom. The van der Waals surface area contributed by atoms with E-state index in [4.69, 9.17) is 4.43 Å². The maximum absolute atomic E-state index is 12.4. The predicted octanol–water partition coefficient (Wildman–Crippen LogP) is 6.67. The maximum Gasteiger partial charge on any atom is 0.258 e. The lowest BCUT2D eigenvalue weighted by atomic mass is 10.0. The molecule has 0 aromatic heterocycles. The number of hydrogen-bond donors (Lipinski definition) is 0. The van der Waals surface area contributed by atoms with Crippen molar-refractivity contribution in [1.29, 1.82) is 0 Å². The van der Waals surface area contributed by atoms with Gasteiger partial charge in [0.25, 0.3) is 8.32 Å².